The van der Waals surface area contributed by atoms with Gasteiger partial charge in [-0.25, -0.2) is 9.59 Å². The van der Waals surface area contributed by atoms with Crippen LogP contribution in [0.15, 0.2) is 30.3 Å². The van der Waals surface area contributed by atoms with Gasteiger partial charge in [-0.2, -0.15) is 0 Å². The first-order valence-electron chi connectivity index (χ1n) is 9.09. The number of aromatic amines is 1. The highest BCUT2D eigenvalue weighted by molar-refractivity contribution is 5.99. The Hall–Kier alpha value is -3.09. The highest BCUT2D eigenvalue weighted by Gasteiger charge is 2.28. The van der Waals surface area contributed by atoms with Crippen molar-refractivity contribution in [3.63, 3.8) is 0 Å². The average molecular weight is 386 g/mol. The van der Waals surface area contributed by atoms with Crippen LogP contribution < -0.4 is 0 Å². The smallest absolute Gasteiger partial charge is 0.355 e. The molecule has 0 radical (unpaired) electrons. The van der Waals surface area contributed by atoms with E-state index in [9.17, 15) is 14.4 Å². The van der Waals surface area contributed by atoms with Crippen molar-refractivity contribution < 1.29 is 23.9 Å². The molecule has 28 heavy (non-hydrogen) atoms. The zero-order valence-corrected chi connectivity index (χ0v) is 16.9. The molecule has 0 fully saturated rings. The zero-order valence-electron chi connectivity index (χ0n) is 16.9. The van der Waals surface area contributed by atoms with Gasteiger partial charge in [0.25, 0.3) is 5.91 Å². The largest absolute Gasteiger partial charge is 0.465 e. The van der Waals surface area contributed by atoms with Crippen LogP contribution in [0.25, 0.3) is 0 Å². The number of rotatable bonds is 7. The van der Waals surface area contributed by atoms with Gasteiger partial charge in [-0.3, -0.25) is 4.79 Å². The molecule has 1 amide bonds. The van der Waals surface area contributed by atoms with Crippen LogP contribution in [0.2, 0.25) is 0 Å². The first-order valence-corrected chi connectivity index (χ1v) is 9.09. The molecule has 1 N–H and O–H groups in total. The topological polar surface area (TPSA) is 88.7 Å². The molecule has 0 bridgehead atoms. The summed E-state index contributed by atoms with van der Waals surface area (Å²) in [6.45, 7) is 5.45. The predicted octanol–water partition coefficient (Wildman–Crippen LogP) is 2.88. The lowest BCUT2D eigenvalue weighted by Gasteiger charge is -2.21. The van der Waals surface area contributed by atoms with Gasteiger partial charge in [-0.05, 0) is 31.4 Å². The molecule has 2 aromatic rings. The summed E-state index contributed by atoms with van der Waals surface area (Å²) in [6, 6.07) is 9.54. The molecule has 1 atom stereocenters. The van der Waals surface area contributed by atoms with Gasteiger partial charge in [0, 0.05) is 19.3 Å². The van der Waals surface area contributed by atoms with Crippen LogP contribution in [-0.4, -0.2) is 48.0 Å². The van der Waals surface area contributed by atoms with E-state index in [4.69, 9.17) is 9.47 Å². The molecular formula is C21H26N2O5. The van der Waals surface area contributed by atoms with Crippen molar-refractivity contribution in [3.8, 4) is 0 Å². The standard InChI is InChI=1S/C21H26N2O5/c1-6-16-17(20(25)27-5)13(2)18(22-16)21(26)28-14(3)19(24)23(4)12-15-10-8-7-9-11-15/h7-11,14,22H,6,12H2,1-5H3. The maximum absolute atomic E-state index is 12.6. The molecule has 1 heterocycles. The molecule has 2 rings (SSSR count). The third-order valence-electron chi connectivity index (χ3n) is 4.55. The molecule has 0 saturated carbocycles. The molecule has 0 aliphatic carbocycles. The highest BCUT2D eigenvalue weighted by atomic mass is 16.5. The Kier molecular flexibility index (Phi) is 6.98. The number of esters is 2. The summed E-state index contributed by atoms with van der Waals surface area (Å²) in [6.07, 6.45) is -0.442. The Morgan fingerprint density at radius 1 is 1.14 bits per heavy atom. The number of carbonyl (C=O) groups is 3. The molecule has 0 aliphatic heterocycles. The van der Waals surface area contributed by atoms with Crippen LogP contribution in [0.5, 0.6) is 0 Å². The van der Waals surface area contributed by atoms with E-state index in [0.29, 0.717) is 29.8 Å². The quantitative estimate of drug-likeness (QED) is 0.739. The summed E-state index contributed by atoms with van der Waals surface area (Å²) in [4.78, 5) is 41.5. The Balaban J connectivity index is 2.10. The van der Waals surface area contributed by atoms with Crippen molar-refractivity contribution in [2.75, 3.05) is 14.2 Å². The summed E-state index contributed by atoms with van der Waals surface area (Å²) < 4.78 is 10.1. The van der Waals surface area contributed by atoms with Crippen molar-refractivity contribution in [2.45, 2.75) is 39.8 Å². The molecule has 1 aromatic carbocycles. The molecule has 150 valence electrons. The molecule has 0 aliphatic rings. The van der Waals surface area contributed by atoms with Crippen LogP contribution in [-0.2, 0) is 27.2 Å². The average Bonchev–Trinajstić information content (AvgIpc) is 3.03. The van der Waals surface area contributed by atoms with E-state index in [1.807, 2.05) is 37.3 Å². The predicted molar refractivity (Wildman–Crippen MR) is 104 cm³/mol. The Labute approximate surface area is 164 Å². The summed E-state index contributed by atoms with van der Waals surface area (Å²) in [5.41, 5.74) is 2.51. The van der Waals surface area contributed by atoms with E-state index in [0.717, 1.165) is 5.56 Å². The van der Waals surface area contributed by atoms with Crippen LogP contribution in [0, 0.1) is 6.92 Å². The lowest BCUT2D eigenvalue weighted by atomic mass is 10.1. The molecular weight excluding hydrogens is 360 g/mol. The number of likely N-dealkylation sites (N-methyl/N-ethyl adjacent to an activating group) is 1. The van der Waals surface area contributed by atoms with Gasteiger partial charge in [-0.1, -0.05) is 37.3 Å². The Morgan fingerprint density at radius 2 is 1.79 bits per heavy atom. The fourth-order valence-corrected chi connectivity index (χ4v) is 3.02. The highest BCUT2D eigenvalue weighted by Crippen LogP contribution is 2.21. The number of aryl methyl sites for hydroxylation is 1. The number of hydrogen-bond donors (Lipinski definition) is 1. The van der Waals surface area contributed by atoms with Crippen molar-refractivity contribution in [1.29, 1.82) is 0 Å². The SMILES string of the molecule is CCc1[nH]c(C(=O)OC(C)C(=O)N(C)Cc2ccccc2)c(C)c1C(=O)OC. The van der Waals surface area contributed by atoms with E-state index in [1.165, 1.54) is 18.9 Å². The zero-order chi connectivity index (χ0) is 20.8. The number of aromatic nitrogens is 1. The van der Waals surface area contributed by atoms with Crippen LogP contribution >= 0.6 is 0 Å². The first-order chi connectivity index (χ1) is 13.3. The first kappa shape index (κ1) is 21.2. The molecule has 7 nitrogen and oxygen atoms in total. The molecule has 0 saturated heterocycles. The summed E-state index contributed by atoms with van der Waals surface area (Å²) in [5, 5.41) is 0. The van der Waals surface area contributed by atoms with Crippen molar-refractivity contribution in [1.82, 2.24) is 9.88 Å². The summed E-state index contributed by atoms with van der Waals surface area (Å²) >= 11 is 0. The van der Waals surface area contributed by atoms with Gasteiger partial charge in [0.05, 0.1) is 12.7 Å². The second-order valence-corrected chi connectivity index (χ2v) is 6.55. The van der Waals surface area contributed by atoms with E-state index < -0.39 is 18.0 Å². The maximum Gasteiger partial charge on any atom is 0.355 e. The van der Waals surface area contributed by atoms with Crippen molar-refractivity contribution >= 4 is 17.8 Å². The minimum atomic E-state index is -0.962. The van der Waals surface area contributed by atoms with Crippen LogP contribution in [0.3, 0.4) is 0 Å². The molecule has 1 unspecified atom stereocenters. The number of benzene rings is 1. The number of amides is 1. The lowest BCUT2D eigenvalue weighted by Crippen LogP contribution is -2.37. The van der Waals surface area contributed by atoms with Crippen LogP contribution in [0.1, 0.15) is 51.5 Å². The third-order valence-corrected chi connectivity index (χ3v) is 4.55. The van der Waals surface area contributed by atoms with Gasteiger partial charge in [0.2, 0.25) is 0 Å². The summed E-state index contributed by atoms with van der Waals surface area (Å²) in [7, 11) is 2.94. The number of ether oxygens (including phenoxy) is 2. The number of nitrogens with zero attached hydrogens (tertiary/aromatic N) is 1. The molecule has 1 aromatic heterocycles. The van der Waals surface area contributed by atoms with Gasteiger partial charge < -0.3 is 19.4 Å². The maximum atomic E-state index is 12.6. The van der Waals surface area contributed by atoms with Gasteiger partial charge in [0.1, 0.15) is 5.69 Å². The second-order valence-electron chi connectivity index (χ2n) is 6.55. The fourth-order valence-electron chi connectivity index (χ4n) is 3.02. The van der Waals surface area contributed by atoms with Gasteiger partial charge in [0.15, 0.2) is 6.10 Å². The van der Waals surface area contributed by atoms with E-state index in [2.05, 4.69) is 4.98 Å². The normalized spacial score (nSPS) is 11.6. The molecule has 0 spiro atoms. The molecule has 7 heteroatoms. The number of nitrogens with one attached hydrogen (secondary N) is 1. The monoisotopic (exact) mass is 386 g/mol. The minimum Gasteiger partial charge on any atom is -0.465 e. The third kappa shape index (κ3) is 4.60. The minimum absolute atomic E-state index is 0.155. The van der Waals surface area contributed by atoms with Gasteiger partial charge in [-0.15, -0.1) is 0 Å². The van der Waals surface area contributed by atoms with Crippen LogP contribution in [0.4, 0.5) is 0 Å². The van der Waals surface area contributed by atoms with E-state index >= 15 is 0 Å². The van der Waals surface area contributed by atoms with Gasteiger partial charge >= 0.3 is 11.9 Å². The lowest BCUT2D eigenvalue weighted by molar-refractivity contribution is -0.139. The van der Waals surface area contributed by atoms with E-state index in [1.54, 1.807) is 14.0 Å². The fraction of sp³-hybridized carbons (Fsp3) is 0.381. The number of hydrogen-bond acceptors (Lipinski definition) is 5. The van der Waals surface area contributed by atoms with Crippen molar-refractivity contribution in [2.24, 2.45) is 0 Å². The van der Waals surface area contributed by atoms with E-state index in [-0.39, 0.29) is 11.6 Å². The Bertz CT molecular complexity index is 857. The number of carbonyl (C=O) groups excluding carboxylic acids is 3. The number of H-pyrrole nitrogens is 1. The number of methoxy groups -OCH3 is 1. The van der Waals surface area contributed by atoms with Crippen molar-refractivity contribution in [3.05, 3.63) is 58.4 Å². The second kappa shape index (κ2) is 9.21. The summed E-state index contributed by atoms with van der Waals surface area (Å²) in [5.74, 6) is -1.52. The Morgan fingerprint density at radius 3 is 2.36 bits per heavy atom.